The molecule has 2 heteroatoms. The van der Waals surface area contributed by atoms with E-state index in [2.05, 4.69) is 24.1 Å². The van der Waals surface area contributed by atoms with E-state index in [9.17, 15) is 0 Å². The summed E-state index contributed by atoms with van der Waals surface area (Å²) >= 11 is 0. The molecule has 0 aromatic carbocycles. The van der Waals surface area contributed by atoms with Crippen molar-refractivity contribution in [2.75, 3.05) is 13.2 Å². The molecule has 0 radical (unpaired) electrons. The van der Waals surface area contributed by atoms with Gasteiger partial charge in [-0.25, -0.2) is 0 Å². The van der Waals surface area contributed by atoms with E-state index in [0.717, 1.165) is 26.0 Å². The van der Waals surface area contributed by atoms with Crippen molar-refractivity contribution < 1.29 is 4.74 Å². The van der Waals surface area contributed by atoms with E-state index in [0.29, 0.717) is 12.1 Å². The fourth-order valence-corrected chi connectivity index (χ4v) is 1.90. The maximum absolute atomic E-state index is 5.62. The van der Waals surface area contributed by atoms with Crippen LogP contribution in [0.1, 0.15) is 39.5 Å². The van der Waals surface area contributed by atoms with Crippen LogP contribution >= 0.6 is 0 Å². The van der Waals surface area contributed by atoms with Crippen LogP contribution in [0.2, 0.25) is 0 Å². The molecular weight excluding hydrogens is 174 g/mol. The van der Waals surface area contributed by atoms with E-state index >= 15 is 0 Å². The topological polar surface area (TPSA) is 21.3 Å². The molecule has 0 aromatic heterocycles. The summed E-state index contributed by atoms with van der Waals surface area (Å²) in [5.41, 5.74) is 0. The molecule has 2 atom stereocenters. The highest BCUT2D eigenvalue weighted by atomic mass is 16.5. The zero-order valence-corrected chi connectivity index (χ0v) is 9.31. The molecule has 0 bridgehead atoms. The summed E-state index contributed by atoms with van der Waals surface area (Å²) in [4.78, 5) is 0. The van der Waals surface area contributed by atoms with Gasteiger partial charge < -0.3 is 10.1 Å². The molecule has 1 N–H and O–H groups in total. The molecule has 1 rings (SSSR count). The molecule has 0 aliphatic carbocycles. The lowest BCUT2D eigenvalue weighted by atomic mass is 10.0. The summed E-state index contributed by atoms with van der Waals surface area (Å²) < 4.78 is 5.62. The first-order valence-electron chi connectivity index (χ1n) is 5.61. The molecule has 1 aliphatic heterocycles. The number of ether oxygens (including phenoxy) is 1. The Morgan fingerprint density at radius 3 is 3.00 bits per heavy atom. The van der Waals surface area contributed by atoms with Crippen LogP contribution in [0.15, 0.2) is 0 Å². The standard InChI is InChI=1S/C12H21NO/c1-3-5-7-11(13-4-2)10-12-8-6-9-14-12/h11-13H,4,6-10H2,1-2H3. The Kier molecular flexibility index (Phi) is 5.66. The smallest absolute Gasteiger partial charge is 0.0591 e. The maximum atomic E-state index is 5.62. The lowest BCUT2D eigenvalue weighted by Gasteiger charge is -2.18. The van der Waals surface area contributed by atoms with Crippen molar-refractivity contribution >= 4 is 0 Å². The Labute approximate surface area is 87.4 Å². The van der Waals surface area contributed by atoms with Gasteiger partial charge in [0.25, 0.3) is 0 Å². The van der Waals surface area contributed by atoms with Crippen LogP contribution in [0.25, 0.3) is 0 Å². The van der Waals surface area contributed by atoms with Crippen molar-refractivity contribution in [1.82, 2.24) is 5.32 Å². The van der Waals surface area contributed by atoms with Gasteiger partial charge in [-0.05, 0) is 32.7 Å². The van der Waals surface area contributed by atoms with E-state index < -0.39 is 0 Å². The van der Waals surface area contributed by atoms with Crippen LogP contribution < -0.4 is 5.32 Å². The number of hydrogen-bond acceptors (Lipinski definition) is 2. The molecule has 80 valence electrons. The molecule has 14 heavy (non-hydrogen) atoms. The average molecular weight is 195 g/mol. The first kappa shape index (κ1) is 11.6. The van der Waals surface area contributed by atoms with Crippen molar-refractivity contribution in [2.45, 2.75) is 51.7 Å². The van der Waals surface area contributed by atoms with Crippen molar-refractivity contribution in [1.29, 1.82) is 0 Å². The Hall–Kier alpha value is -0.520. The molecule has 2 nitrogen and oxygen atoms in total. The van der Waals surface area contributed by atoms with Gasteiger partial charge in [-0.1, -0.05) is 6.92 Å². The van der Waals surface area contributed by atoms with Gasteiger partial charge in [0.05, 0.1) is 6.10 Å². The molecule has 0 spiro atoms. The van der Waals surface area contributed by atoms with Crippen LogP contribution in [0.4, 0.5) is 0 Å². The lowest BCUT2D eigenvalue weighted by Crippen LogP contribution is -2.32. The molecule has 0 saturated carbocycles. The van der Waals surface area contributed by atoms with Gasteiger partial charge in [0.15, 0.2) is 0 Å². The lowest BCUT2D eigenvalue weighted by molar-refractivity contribution is 0.0952. The Bertz CT molecular complexity index is 198. The molecular formula is C12H21NO. The van der Waals surface area contributed by atoms with Crippen molar-refractivity contribution in [2.24, 2.45) is 0 Å². The number of rotatable bonds is 5. The molecule has 0 aromatic rings. The minimum Gasteiger partial charge on any atom is -0.378 e. The molecule has 0 amide bonds. The summed E-state index contributed by atoms with van der Waals surface area (Å²) in [7, 11) is 0. The first-order chi connectivity index (χ1) is 6.86. The van der Waals surface area contributed by atoms with Crippen LogP contribution in [0.3, 0.4) is 0 Å². The van der Waals surface area contributed by atoms with Gasteiger partial charge >= 0.3 is 0 Å². The van der Waals surface area contributed by atoms with Crippen molar-refractivity contribution in [3.63, 3.8) is 0 Å². The van der Waals surface area contributed by atoms with Gasteiger partial charge in [0.2, 0.25) is 0 Å². The van der Waals surface area contributed by atoms with E-state index in [4.69, 9.17) is 4.74 Å². The third-order valence-corrected chi connectivity index (χ3v) is 2.59. The zero-order chi connectivity index (χ0) is 10.2. The molecule has 2 unspecified atom stereocenters. The minimum atomic E-state index is 0.470. The fraction of sp³-hybridized carbons (Fsp3) is 0.833. The van der Waals surface area contributed by atoms with Crippen LogP contribution in [0.5, 0.6) is 0 Å². The first-order valence-corrected chi connectivity index (χ1v) is 5.61. The third kappa shape index (κ3) is 4.13. The second-order valence-electron chi connectivity index (χ2n) is 3.76. The van der Waals surface area contributed by atoms with Gasteiger partial charge in [-0.3, -0.25) is 0 Å². The average Bonchev–Trinajstić information content (AvgIpc) is 2.67. The molecule has 1 saturated heterocycles. The van der Waals surface area contributed by atoms with Gasteiger partial charge in [0.1, 0.15) is 0 Å². The second-order valence-corrected chi connectivity index (χ2v) is 3.76. The highest BCUT2D eigenvalue weighted by Gasteiger charge is 2.19. The second kappa shape index (κ2) is 6.86. The summed E-state index contributed by atoms with van der Waals surface area (Å²) in [5.74, 6) is 6.09. The maximum Gasteiger partial charge on any atom is 0.0591 e. The fourth-order valence-electron chi connectivity index (χ4n) is 1.90. The normalized spacial score (nSPS) is 22.9. The molecule has 1 aliphatic rings. The van der Waals surface area contributed by atoms with Crippen LogP contribution in [0, 0.1) is 11.8 Å². The van der Waals surface area contributed by atoms with E-state index in [-0.39, 0.29) is 0 Å². The summed E-state index contributed by atoms with van der Waals surface area (Å²) in [5, 5.41) is 3.46. The number of nitrogens with one attached hydrogen (secondary N) is 1. The quantitative estimate of drug-likeness (QED) is 0.677. The van der Waals surface area contributed by atoms with Crippen molar-refractivity contribution in [3.8, 4) is 11.8 Å². The summed E-state index contributed by atoms with van der Waals surface area (Å²) in [6.07, 6.45) is 4.98. The highest BCUT2D eigenvalue weighted by Crippen LogP contribution is 2.17. The zero-order valence-electron chi connectivity index (χ0n) is 9.31. The van der Waals surface area contributed by atoms with Gasteiger partial charge in [0, 0.05) is 19.1 Å². The number of hydrogen-bond donors (Lipinski definition) is 1. The van der Waals surface area contributed by atoms with Crippen LogP contribution in [-0.2, 0) is 4.74 Å². The predicted octanol–water partition coefficient (Wildman–Crippen LogP) is 1.95. The SMILES string of the molecule is CC#CCC(CC1CCCO1)NCC. The van der Waals surface area contributed by atoms with Gasteiger partial charge in [-0.2, -0.15) is 0 Å². The highest BCUT2D eigenvalue weighted by molar-refractivity contribution is 4.98. The summed E-state index contributed by atoms with van der Waals surface area (Å²) in [6.45, 7) is 6.00. The van der Waals surface area contributed by atoms with Gasteiger partial charge in [-0.15, -0.1) is 11.8 Å². The summed E-state index contributed by atoms with van der Waals surface area (Å²) in [6, 6.07) is 0.510. The molecule has 1 fully saturated rings. The van der Waals surface area contributed by atoms with E-state index in [1.165, 1.54) is 12.8 Å². The Morgan fingerprint density at radius 1 is 1.57 bits per heavy atom. The van der Waals surface area contributed by atoms with E-state index in [1.807, 2.05) is 6.92 Å². The predicted molar refractivity (Wildman–Crippen MR) is 59.1 cm³/mol. The van der Waals surface area contributed by atoms with E-state index in [1.54, 1.807) is 0 Å². The van der Waals surface area contributed by atoms with Crippen molar-refractivity contribution in [3.05, 3.63) is 0 Å². The Balaban J connectivity index is 2.27. The van der Waals surface area contributed by atoms with Crippen LogP contribution in [-0.4, -0.2) is 25.3 Å². The molecule has 1 heterocycles. The minimum absolute atomic E-state index is 0.470. The Morgan fingerprint density at radius 2 is 2.43 bits per heavy atom. The largest absolute Gasteiger partial charge is 0.378 e. The monoisotopic (exact) mass is 195 g/mol. The third-order valence-electron chi connectivity index (χ3n) is 2.59.